The first-order valence-corrected chi connectivity index (χ1v) is 11.6. The van der Waals surface area contributed by atoms with Gasteiger partial charge in [-0.25, -0.2) is 0 Å². The van der Waals surface area contributed by atoms with Crippen molar-refractivity contribution in [3.05, 3.63) is 51.7 Å². The molecule has 6 heteroatoms. The van der Waals surface area contributed by atoms with Gasteiger partial charge in [-0.2, -0.15) is 0 Å². The summed E-state index contributed by atoms with van der Waals surface area (Å²) < 4.78 is 5.31. The van der Waals surface area contributed by atoms with E-state index in [0.717, 1.165) is 30.6 Å². The highest BCUT2D eigenvalue weighted by Crippen LogP contribution is 2.38. The molecule has 1 fully saturated rings. The fourth-order valence-electron chi connectivity index (χ4n) is 4.25. The summed E-state index contributed by atoms with van der Waals surface area (Å²) in [5, 5.41) is 2.11. The summed E-state index contributed by atoms with van der Waals surface area (Å²) in [5.74, 6) is 1.44. The van der Waals surface area contributed by atoms with Crippen LogP contribution in [-0.4, -0.2) is 48.4 Å². The normalized spacial score (nSPS) is 18.3. The minimum atomic E-state index is -0.115. The van der Waals surface area contributed by atoms with Crippen LogP contribution in [-0.2, 0) is 16.0 Å². The van der Waals surface area contributed by atoms with Gasteiger partial charge >= 0.3 is 0 Å². The molecule has 1 aliphatic carbocycles. The number of amides is 2. The molecule has 30 heavy (non-hydrogen) atoms. The molecule has 160 valence electrons. The summed E-state index contributed by atoms with van der Waals surface area (Å²) >= 11 is 1.76. The van der Waals surface area contributed by atoms with Crippen molar-refractivity contribution in [1.82, 2.24) is 9.80 Å². The number of methoxy groups -OCH3 is 1. The number of nitrogens with zero attached hydrogens (tertiary/aromatic N) is 2. The Bertz CT molecular complexity index is 901. The molecule has 2 heterocycles. The smallest absolute Gasteiger partial charge is 0.242 e. The number of ether oxygens (including phenoxy) is 1. The maximum absolute atomic E-state index is 13.5. The zero-order valence-electron chi connectivity index (χ0n) is 18.0. The van der Waals surface area contributed by atoms with Gasteiger partial charge in [-0.3, -0.25) is 9.59 Å². The van der Waals surface area contributed by atoms with Crippen molar-refractivity contribution in [3.8, 4) is 5.75 Å². The highest BCUT2D eigenvalue weighted by Gasteiger charge is 2.37. The minimum absolute atomic E-state index is 0.0299. The Balaban J connectivity index is 1.59. The van der Waals surface area contributed by atoms with E-state index in [1.54, 1.807) is 23.3 Å². The molecule has 0 radical (unpaired) electrons. The second kappa shape index (κ2) is 8.80. The van der Waals surface area contributed by atoms with Crippen LogP contribution in [0.3, 0.4) is 0 Å². The Morgan fingerprint density at radius 1 is 1.20 bits per heavy atom. The highest BCUT2D eigenvalue weighted by atomic mass is 32.1. The third kappa shape index (κ3) is 4.38. The highest BCUT2D eigenvalue weighted by molar-refractivity contribution is 7.10. The largest absolute Gasteiger partial charge is 0.497 e. The lowest BCUT2D eigenvalue weighted by Gasteiger charge is -2.38. The first kappa shape index (κ1) is 20.9. The fraction of sp³-hybridized carbons (Fsp3) is 0.500. The van der Waals surface area contributed by atoms with Gasteiger partial charge in [0.25, 0.3) is 0 Å². The first-order valence-electron chi connectivity index (χ1n) is 10.8. The average Bonchev–Trinajstić information content (AvgIpc) is 3.48. The summed E-state index contributed by atoms with van der Waals surface area (Å²) in [6.07, 6.45) is 2.78. The lowest BCUT2D eigenvalue weighted by molar-refractivity contribution is -0.142. The second-order valence-electron chi connectivity index (χ2n) is 8.70. The van der Waals surface area contributed by atoms with Crippen LogP contribution in [0, 0.1) is 11.8 Å². The van der Waals surface area contributed by atoms with Crippen molar-refractivity contribution in [2.24, 2.45) is 11.8 Å². The van der Waals surface area contributed by atoms with Gasteiger partial charge in [0.05, 0.1) is 19.7 Å². The van der Waals surface area contributed by atoms with Crippen molar-refractivity contribution < 1.29 is 14.3 Å². The van der Waals surface area contributed by atoms with Crippen LogP contribution >= 0.6 is 11.3 Å². The zero-order valence-corrected chi connectivity index (χ0v) is 18.8. The molecule has 0 saturated heterocycles. The lowest BCUT2D eigenvalue weighted by Crippen LogP contribution is -2.47. The summed E-state index contributed by atoms with van der Waals surface area (Å²) in [6.45, 7) is 5.66. The van der Waals surface area contributed by atoms with Gasteiger partial charge in [-0.1, -0.05) is 26.0 Å². The fourth-order valence-corrected chi connectivity index (χ4v) is 5.15. The van der Waals surface area contributed by atoms with Gasteiger partial charge in [0.1, 0.15) is 5.75 Å². The molecule has 0 bridgehead atoms. The number of benzene rings is 1. The number of fused-ring (bicyclic) bond motifs is 1. The molecule has 1 aliphatic heterocycles. The number of hydrogen-bond acceptors (Lipinski definition) is 4. The quantitative estimate of drug-likeness (QED) is 0.669. The van der Waals surface area contributed by atoms with Crippen LogP contribution in [0.5, 0.6) is 5.75 Å². The van der Waals surface area contributed by atoms with E-state index in [1.807, 2.05) is 29.2 Å². The Morgan fingerprint density at radius 3 is 2.57 bits per heavy atom. The molecule has 0 spiro atoms. The molecule has 4 rings (SSSR count). The Kier molecular flexibility index (Phi) is 6.14. The van der Waals surface area contributed by atoms with Crippen molar-refractivity contribution in [2.45, 2.75) is 39.2 Å². The van der Waals surface area contributed by atoms with Crippen LogP contribution < -0.4 is 4.74 Å². The molecule has 5 nitrogen and oxygen atoms in total. The van der Waals surface area contributed by atoms with E-state index >= 15 is 0 Å². The number of carbonyl (C=O) groups excluding carboxylic acids is 2. The lowest BCUT2D eigenvalue weighted by atomic mass is 9.93. The van der Waals surface area contributed by atoms with E-state index in [0.29, 0.717) is 19.0 Å². The molecule has 2 amide bonds. The molecule has 1 aromatic heterocycles. The van der Waals surface area contributed by atoms with Gasteiger partial charge in [0, 0.05) is 23.9 Å². The Morgan fingerprint density at radius 2 is 1.93 bits per heavy atom. The maximum Gasteiger partial charge on any atom is 0.242 e. The molecule has 2 aromatic rings. The molecule has 0 unspecified atom stereocenters. The van der Waals surface area contributed by atoms with Crippen LogP contribution in [0.1, 0.15) is 48.7 Å². The number of rotatable bonds is 7. The number of carbonyl (C=O) groups is 2. The van der Waals surface area contributed by atoms with Crippen LogP contribution in [0.4, 0.5) is 0 Å². The van der Waals surface area contributed by atoms with Crippen LogP contribution in [0.25, 0.3) is 0 Å². The van der Waals surface area contributed by atoms with E-state index in [1.165, 1.54) is 10.4 Å². The van der Waals surface area contributed by atoms with Crippen molar-refractivity contribution >= 4 is 23.2 Å². The van der Waals surface area contributed by atoms with Crippen molar-refractivity contribution in [1.29, 1.82) is 0 Å². The molecule has 1 aromatic carbocycles. The predicted octanol–water partition coefficient (Wildman–Crippen LogP) is 4.13. The summed E-state index contributed by atoms with van der Waals surface area (Å²) in [5.41, 5.74) is 2.28. The van der Waals surface area contributed by atoms with Gasteiger partial charge in [-0.05, 0) is 59.9 Å². The number of thiophene rings is 1. The molecule has 0 N–H and O–H groups in total. The minimum Gasteiger partial charge on any atom is -0.497 e. The molecule has 1 atom stereocenters. The summed E-state index contributed by atoms with van der Waals surface area (Å²) in [7, 11) is 1.66. The number of hydrogen-bond donors (Lipinski definition) is 0. The Hall–Kier alpha value is -2.34. The molecule has 2 aliphatic rings. The van der Waals surface area contributed by atoms with Gasteiger partial charge < -0.3 is 14.5 Å². The van der Waals surface area contributed by atoms with E-state index in [2.05, 4.69) is 25.3 Å². The molecular formula is C24H30N2O3S. The standard InChI is InChI=1S/C24H30N2O3S/c1-16(2)14-25(24(28)18-4-5-18)15-22(27)26-12-10-21-20(11-13-30-21)23(26)17-6-8-19(29-3)9-7-17/h6-9,11,13,16,18,23H,4-5,10,12,14-15H2,1-3H3/t23-/m1/s1. The first-order chi connectivity index (χ1) is 14.5. The monoisotopic (exact) mass is 426 g/mol. The topological polar surface area (TPSA) is 49.9 Å². The van der Waals surface area contributed by atoms with Gasteiger partial charge in [0.2, 0.25) is 11.8 Å². The second-order valence-corrected chi connectivity index (χ2v) is 9.70. The van der Waals surface area contributed by atoms with E-state index < -0.39 is 0 Å². The predicted molar refractivity (Wildman–Crippen MR) is 119 cm³/mol. The van der Waals surface area contributed by atoms with Crippen molar-refractivity contribution in [3.63, 3.8) is 0 Å². The SMILES string of the molecule is COc1ccc([C@@H]2c3ccsc3CCN2C(=O)CN(CC(C)C)C(=O)C2CC2)cc1. The summed E-state index contributed by atoms with van der Waals surface area (Å²) in [6, 6.07) is 9.99. The Labute approximate surface area is 182 Å². The third-order valence-corrected chi connectivity index (χ3v) is 6.86. The van der Waals surface area contributed by atoms with E-state index in [4.69, 9.17) is 4.74 Å². The zero-order chi connectivity index (χ0) is 21.3. The van der Waals surface area contributed by atoms with Gasteiger partial charge in [-0.15, -0.1) is 11.3 Å². The van der Waals surface area contributed by atoms with E-state index in [9.17, 15) is 9.59 Å². The molecular weight excluding hydrogens is 396 g/mol. The summed E-state index contributed by atoms with van der Waals surface area (Å²) in [4.78, 5) is 31.4. The molecule has 1 saturated carbocycles. The van der Waals surface area contributed by atoms with Gasteiger partial charge in [0.15, 0.2) is 0 Å². The average molecular weight is 427 g/mol. The van der Waals surface area contributed by atoms with Crippen LogP contribution in [0.2, 0.25) is 0 Å². The third-order valence-electron chi connectivity index (χ3n) is 5.87. The van der Waals surface area contributed by atoms with E-state index in [-0.39, 0.29) is 30.3 Å². The van der Waals surface area contributed by atoms with Crippen LogP contribution in [0.15, 0.2) is 35.7 Å². The maximum atomic E-state index is 13.5. The van der Waals surface area contributed by atoms with Crippen molar-refractivity contribution in [2.75, 3.05) is 26.7 Å².